The van der Waals surface area contributed by atoms with Crippen LogP contribution >= 0.6 is 22.6 Å². The number of nitrogens with one attached hydrogen (secondary N) is 2. The van der Waals surface area contributed by atoms with Crippen LogP contribution in [-0.2, 0) is 10.0 Å². The second kappa shape index (κ2) is 8.35. The van der Waals surface area contributed by atoms with Gasteiger partial charge < -0.3 is 9.73 Å². The summed E-state index contributed by atoms with van der Waals surface area (Å²) >= 11 is 2.08. The molecule has 3 aromatic carbocycles. The summed E-state index contributed by atoms with van der Waals surface area (Å²) in [4.78, 5) is 12.8. The van der Waals surface area contributed by atoms with Gasteiger partial charge in [-0.3, -0.25) is 9.52 Å². The Morgan fingerprint density at radius 2 is 1.74 bits per heavy atom. The number of sulfonamides is 1. The van der Waals surface area contributed by atoms with Crippen molar-refractivity contribution in [1.29, 1.82) is 0 Å². The molecule has 1 aromatic heterocycles. The Morgan fingerprint density at radius 3 is 2.52 bits per heavy atom. The van der Waals surface area contributed by atoms with Crippen LogP contribution in [0.15, 0.2) is 76.0 Å². The highest BCUT2D eigenvalue weighted by molar-refractivity contribution is 14.1. The summed E-state index contributed by atoms with van der Waals surface area (Å²) in [5, 5.41) is 3.59. The van der Waals surface area contributed by atoms with Crippen LogP contribution in [0.3, 0.4) is 0 Å². The van der Waals surface area contributed by atoms with Gasteiger partial charge in [-0.25, -0.2) is 8.42 Å². The summed E-state index contributed by atoms with van der Waals surface area (Å²) in [6.45, 7) is 3.71. The Labute approximate surface area is 193 Å². The fourth-order valence-corrected chi connectivity index (χ4v) is 5.01. The Hall–Kier alpha value is -2.85. The van der Waals surface area contributed by atoms with Crippen molar-refractivity contribution in [3.63, 3.8) is 0 Å². The minimum absolute atomic E-state index is 0.0453. The molecule has 0 spiro atoms. The number of fused-ring (bicyclic) bond motifs is 1. The molecule has 0 bridgehead atoms. The first-order valence-corrected chi connectivity index (χ1v) is 12.0. The van der Waals surface area contributed by atoms with Crippen LogP contribution in [0, 0.1) is 17.4 Å². The molecule has 31 heavy (non-hydrogen) atoms. The van der Waals surface area contributed by atoms with Crippen molar-refractivity contribution < 1.29 is 17.6 Å². The predicted octanol–water partition coefficient (Wildman–Crippen LogP) is 5.71. The van der Waals surface area contributed by atoms with Crippen LogP contribution in [0.2, 0.25) is 0 Å². The van der Waals surface area contributed by atoms with Crippen molar-refractivity contribution >= 4 is 60.9 Å². The van der Waals surface area contributed by atoms with E-state index in [4.69, 9.17) is 4.42 Å². The van der Waals surface area contributed by atoms with Gasteiger partial charge in [0.25, 0.3) is 15.9 Å². The molecule has 6 nitrogen and oxygen atoms in total. The first-order valence-electron chi connectivity index (χ1n) is 9.43. The first-order chi connectivity index (χ1) is 14.7. The average Bonchev–Trinajstić information content (AvgIpc) is 3.08. The molecule has 1 amide bonds. The van der Waals surface area contributed by atoms with Crippen LogP contribution in [0.4, 0.5) is 11.4 Å². The molecule has 0 unspecified atom stereocenters. The van der Waals surface area contributed by atoms with E-state index in [9.17, 15) is 13.2 Å². The number of anilines is 2. The van der Waals surface area contributed by atoms with E-state index < -0.39 is 15.9 Å². The number of carbonyl (C=O) groups excluding carboxylic acids is 1. The van der Waals surface area contributed by atoms with E-state index in [0.29, 0.717) is 17.0 Å². The van der Waals surface area contributed by atoms with Crippen LogP contribution in [0.5, 0.6) is 0 Å². The summed E-state index contributed by atoms with van der Waals surface area (Å²) in [5.41, 5.74) is 3.16. The van der Waals surface area contributed by atoms with E-state index in [2.05, 4.69) is 32.6 Å². The van der Waals surface area contributed by atoms with Crippen LogP contribution < -0.4 is 10.0 Å². The molecular weight excluding hydrogens is 527 g/mol. The van der Waals surface area contributed by atoms with Gasteiger partial charge in [0, 0.05) is 20.2 Å². The molecule has 0 saturated heterocycles. The first kappa shape index (κ1) is 21.4. The summed E-state index contributed by atoms with van der Waals surface area (Å²) in [5.74, 6) is -0.244. The maximum absolute atomic E-state index is 12.9. The number of aryl methyl sites for hydroxylation is 2. The minimum Gasteiger partial charge on any atom is -0.451 e. The Bertz CT molecular complexity index is 1410. The Morgan fingerprint density at radius 1 is 0.968 bits per heavy atom. The predicted molar refractivity (Wildman–Crippen MR) is 130 cm³/mol. The van der Waals surface area contributed by atoms with Crippen molar-refractivity contribution in [2.75, 3.05) is 10.0 Å². The highest BCUT2D eigenvalue weighted by atomic mass is 127. The number of benzene rings is 3. The maximum atomic E-state index is 12.9. The van der Waals surface area contributed by atoms with Crippen LogP contribution in [0.25, 0.3) is 11.0 Å². The number of halogens is 1. The molecule has 4 rings (SSSR count). The molecule has 0 fully saturated rings. The summed E-state index contributed by atoms with van der Waals surface area (Å²) < 4.78 is 34.9. The Balaban J connectivity index is 1.59. The fraction of sp³-hybridized carbons (Fsp3) is 0.0870. The van der Waals surface area contributed by atoms with Crippen LogP contribution in [-0.4, -0.2) is 14.3 Å². The molecule has 158 valence electrons. The van der Waals surface area contributed by atoms with E-state index in [1.165, 1.54) is 12.1 Å². The minimum atomic E-state index is -3.83. The molecule has 0 aliphatic heterocycles. The van der Waals surface area contributed by atoms with Gasteiger partial charge in [-0.2, -0.15) is 0 Å². The van der Waals surface area contributed by atoms with E-state index in [0.717, 1.165) is 20.1 Å². The van der Waals surface area contributed by atoms with Gasteiger partial charge >= 0.3 is 0 Å². The lowest BCUT2D eigenvalue weighted by Gasteiger charge is -2.12. The molecule has 0 radical (unpaired) electrons. The number of furan rings is 1. The van der Waals surface area contributed by atoms with Crippen molar-refractivity contribution in [1.82, 2.24) is 0 Å². The molecule has 2 N–H and O–H groups in total. The number of hydrogen-bond acceptors (Lipinski definition) is 4. The quantitative estimate of drug-likeness (QED) is 0.314. The van der Waals surface area contributed by atoms with Gasteiger partial charge in [-0.15, -0.1) is 0 Å². The number of para-hydroxylation sites is 1. The van der Waals surface area contributed by atoms with E-state index in [1.54, 1.807) is 24.3 Å². The average molecular weight is 546 g/mol. The zero-order chi connectivity index (χ0) is 22.2. The van der Waals surface area contributed by atoms with Crippen molar-refractivity contribution in [3.8, 4) is 0 Å². The molecule has 8 heteroatoms. The third kappa shape index (κ3) is 4.45. The van der Waals surface area contributed by atoms with E-state index in [-0.39, 0.29) is 10.7 Å². The normalized spacial score (nSPS) is 11.5. The van der Waals surface area contributed by atoms with Gasteiger partial charge in [-0.05, 0) is 78.4 Å². The third-order valence-corrected chi connectivity index (χ3v) is 7.12. The van der Waals surface area contributed by atoms with Crippen LogP contribution in [0.1, 0.15) is 21.7 Å². The number of carbonyl (C=O) groups is 1. The molecule has 0 aliphatic carbocycles. The largest absolute Gasteiger partial charge is 0.451 e. The van der Waals surface area contributed by atoms with E-state index >= 15 is 0 Å². The molecule has 1 heterocycles. The van der Waals surface area contributed by atoms with Gasteiger partial charge in [-0.1, -0.05) is 30.3 Å². The SMILES string of the molecule is Cc1ccc(I)c(NS(=O)(=O)c2cccc(NC(=O)c3oc4ccccc4c3C)c2)c1. The lowest BCUT2D eigenvalue weighted by Crippen LogP contribution is -2.15. The van der Waals surface area contributed by atoms with E-state index in [1.807, 2.05) is 44.2 Å². The fourth-order valence-electron chi connectivity index (χ4n) is 3.24. The standard InChI is InChI=1S/C23H19IN2O4S/c1-14-10-11-19(24)20(12-14)26-31(28,29)17-7-5-6-16(13-17)25-23(27)22-15(2)18-8-3-4-9-21(18)30-22/h3-13,26H,1-2H3,(H,25,27). The van der Waals surface area contributed by atoms with Crippen molar-refractivity contribution in [2.45, 2.75) is 18.7 Å². The van der Waals surface area contributed by atoms with Gasteiger partial charge in [0.2, 0.25) is 0 Å². The summed E-state index contributed by atoms with van der Waals surface area (Å²) in [6.07, 6.45) is 0. The van der Waals surface area contributed by atoms with Gasteiger partial charge in [0.05, 0.1) is 10.6 Å². The van der Waals surface area contributed by atoms with Crippen molar-refractivity contribution in [2.24, 2.45) is 0 Å². The van der Waals surface area contributed by atoms with Crippen molar-refractivity contribution in [3.05, 3.63) is 87.2 Å². The lowest BCUT2D eigenvalue weighted by molar-refractivity contribution is 0.0998. The molecule has 4 aromatic rings. The highest BCUT2D eigenvalue weighted by Crippen LogP contribution is 2.27. The molecule has 0 atom stereocenters. The van der Waals surface area contributed by atoms with Gasteiger partial charge in [0.1, 0.15) is 5.58 Å². The zero-order valence-electron chi connectivity index (χ0n) is 16.8. The smallest absolute Gasteiger partial charge is 0.291 e. The monoisotopic (exact) mass is 546 g/mol. The Kier molecular flexibility index (Phi) is 5.76. The topological polar surface area (TPSA) is 88.4 Å². The second-order valence-corrected chi connectivity index (χ2v) is 9.97. The molecule has 0 aliphatic rings. The summed E-state index contributed by atoms with van der Waals surface area (Å²) in [7, 11) is -3.83. The maximum Gasteiger partial charge on any atom is 0.291 e. The highest BCUT2D eigenvalue weighted by Gasteiger charge is 2.20. The van der Waals surface area contributed by atoms with Gasteiger partial charge in [0.15, 0.2) is 5.76 Å². The number of hydrogen-bond donors (Lipinski definition) is 2. The third-order valence-electron chi connectivity index (χ3n) is 4.82. The zero-order valence-corrected chi connectivity index (χ0v) is 19.7. The molecular formula is C23H19IN2O4S. The molecule has 0 saturated carbocycles. The number of rotatable bonds is 5. The number of amides is 1. The second-order valence-electron chi connectivity index (χ2n) is 7.12. The lowest BCUT2D eigenvalue weighted by atomic mass is 10.1. The summed E-state index contributed by atoms with van der Waals surface area (Å²) in [6, 6.07) is 19.0.